The van der Waals surface area contributed by atoms with Crippen molar-refractivity contribution in [2.45, 2.75) is 32.0 Å². The first-order valence-corrected chi connectivity index (χ1v) is 9.84. The van der Waals surface area contributed by atoms with E-state index in [1.165, 1.54) is 0 Å². The van der Waals surface area contributed by atoms with Gasteiger partial charge in [-0.05, 0) is 36.6 Å². The second-order valence-corrected chi connectivity index (χ2v) is 7.76. The van der Waals surface area contributed by atoms with Crippen LogP contribution in [-0.4, -0.2) is 56.5 Å². The topological polar surface area (TPSA) is 36.0 Å². The number of hydrogen-bond donors (Lipinski definition) is 0. The molecule has 0 N–H and O–H groups in total. The molecule has 0 unspecified atom stereocenters. The molecule has 0 spiro atoms. The number of carbonyl (C=O) groups is 1. The lowest BCUT2D eigenvalue weighted by Crippen LogP contribution is -2.39. The number of rotatable bonds is 9. The number of likely N-dealkylation sites (N-methyl/N-ethyl adjacent to an activating group) is 1. The summed E-state index contributed by atoms with van der Waals surface area (Å²) >= 11 is 0. The highest BCUT2D eigenvalue weighted by molar-refractivity contribution is 5.78. The van der Waals surface area contributed by atoms with Gasteiger partial charge in [0.1, 0.15) is 5.75 Å². The smallest absolute Gasteiger partial charge is 0.236 e. The lowest BCUT2D eigenvalue weighted by molar-refractivity contribution is -0.132. The van der Waals surface area contributed by atoms with Crippen LogP contribution in [0.2, 0.25) is 0 Å². The molecule has 0 heterocycles. The van der Waals surface area contributed by atoms with Gasteiger partial charge >= 0.3 is 0 Å². The molecule has 5 heteroatoms. The van der Waals surface area contributed by atoms with Crippen LogP contribution in [0, 0.1) is 0 Å². The quantitative estimate of drug-likeness (QED) is 0.667. The number of para-hydroxylation sites is 1. The van der Waals surface area contributed by atoms with Gasteiger partial charge in [0.25, 0.3) is 0 Å². The largest absolute Gasteiger partial charge is 0.496 e. The molecule has 5 nitrogen and oxygen atoms in total. The standard InChI is InChI=1S/C23H31N3O2/c1-24(2)20-11-9-18(10-12-20)15-25(3)23(27)17-26(21-13-14-21)16-19-7-5-6-8-22(19)28-4/h5-12,21H,13-17H2,1-4H3. The maximum Gasteiger partial charge on any atom is 0.236 e. The fourth-order valence-electron chi connectivity index (χ4n) is 3.36. The van der Waals surface area contributed by atoms with E-state index >= 15 is 0 Å². The minimum atomic E-state index is 0.151. The van der Waals surface area contributed by atoms with E-state index in [9.17, 15) is 4.79 Å². The van der Waals surface area contributed by atoms with Crippen LogP contribution in [0.5, 0.6) is 5.75 Å². The average molecular weight is 382 g/mol. The maximum absolute atomic E-state index is 12.9. The van der Waals surface area contributed by atoms with E-state index in [0.717, 1.165) is 42.0 Å². The van der Waals surface area contributed by atoms with E-state index in [4.69, 9.17) is 4.74 Å². The maximum atomic E-state index is 12.9. The van der Waals surface area contributed by atoms with Gasteiger partial charge in [-0.25, -0.2) is 0 Å². The summed E-state index contributed by atoms with van der Waals surface area (Å²) in [7, 11) is 7.63. The Bertz CT molecular complexity index is 785. The molecule has 0 bridgehead atoms. The Balaban J connectivity index is 1.60. The summed E-state index contributed by atoms with van der Waals surface area (Å²) in [6.07, 6.45) is 2.33. The van der Waals surface area contributed by atoms with Crippen molar-refractivity contribution in [3.05, 3.63) is 59.7 Å². The van der Waals surface area contributed by atoms with Gasteiger partial charge in [-0.2, -0.15) is 0 Å². The number of amides is 1. The van der Waals surface area contributed by atoms with Gasteiger partial charge in [-0.1, -0.05) is 30.3 Å². The Kier molecular flexibility index (Phi) is 6.57. The molecule has 2 aromatic carbocycles. The summed E-state index contributed by atoms with van der Waals surface area (Å²) in [5, 5.41) is 0. The summed E-state index contributed by atoms with van der Waals surface area (Å²) in [4.78, 5) is 19.0. The van der Waals surface area contributed by atoms with Crippen molar-refractivity contribution in [2.24, 2.45) is 0 Å². The van der Waals surface area contributed by atoms with Crippen LogP contribution in [0.15, 0.2) is 48.5 Å². The first-order chi connectivity index (χ1) is 13.5. The molecule has 28 heavy (non-hydrogen) atoms. The summed E-state index contributed by atoms with van der Waals surface area (Å²) in [5.41, 5.74) is 3.44. The molecule has 0 saturated heterocycles. The first-order valence-electron chi connectivity index (χ1n) is 9.84. The van der Waals surface area contributed by atoms with E-state index in [0.29, 0.717) is 19.1 Å². The van der Waals surface area contributed by atoms with Gasteiger partial charge in [0.15, 0.2) is 0 Å². The zero-order chi connectivity index (χ0) is 20.1. The van der Waals surface area contributed by atoms with E-state index in [2.05, 4.69) is 40.1 Å². The third kappa shape index (κ3) is 5.26. The molecular formula is C23H31N3O2. The van der Waals surface area contributed by atoms with Crippen molar-refractivity contribution in [3.8, 4) is 5.75 Å². The van der Waals surface area contributed by atoms with Gasteiger partial charge < -0.3 is 14.5 Å². The zero-order valence-corrected chi connectivity index (χ0v) is 17.4. The third-order valence-corrected chi connectivity index (χ3v) is 5.27. The predicted molar refractivity (Wildman–Crippen MR) is 114 cm³/mol. The minimum Gasteiger partial charge on any atom is -0.496 e. The van der Waals surface area contributed by atoms with Crippen molar-refractivity contribution in [1.82, 2.24) is 9.80 Å². The molecule has 3 rings (SSSR count). The molecule has 2 aromatic rings. The molecule has 1 amide bonds. The van der Waals surface area contributed by atoms with E-state index < -0.39 is 0 Å². The number of hydrogen-bond acceptors (Lipinski definition) is 4. The van der Waals surface area contributed by atoms with Crippen LogP contribution in [0.25, 0.3) is 0 Å². The zero-order valence-electron chi connectivity index (χ0n) is 17.4. The summed E-state index contributed by atoms with van der Waals surface area (Å²) in [6, 6.07) is 16.9. The fraction of sp³-hybridized carbons (Fsp3) is 0.435. The number of ether oxygens (including phenoxy) is 1. The van der Waals surface area contributed by atoms with Crippen molar-refractivity contribution in [2.75, 3.05) is 39.7 Å². The highest BCUT2D eigenvalue weighted by Crippen LogP contribution is 2.30. The molecule has 1 aliphatic rings. The fourth-order valence-corrected chi connectivity index (χ4v) is 3.36. The normalized spacial score (nSPS) is 13.5. The molecular weight excluding hydrogens is 350 g/mol. The lowest BCUT2D eigenvalue weighted by Gasteiger charge is -2.26. The second kappa shape index (κ2) is 9.11. The predicted octanol–water partition coefficient (Wildman–Crippen LogP) is 3.38. The molecule has 0 atom stereocenters. The molecule has 0 aromatic heterocycles. The monoisotopic (exact) mass is 381 g/mol. The molecule has 0 radical (unpaired) electrons. The number of anilines is 1. The Morgan fingerprint density at radius 3 is 2.29 bits per heavy atom. The number of benzene rings is 2. The molecule has 150 valence electrons. The van der Waals surface area contributed by atoms with Gasteiger partial charge in [-0.15, -0.1) is 0 Å². The van der Waals surface area contributed by atoms with Gasteiger partial charge in [0.05, 0.1) is 13.7 Å². The third-order valence-electron chi connectivity index (χ3n) is 5.27. The summed E-state index contributed by atoms with van der Waals surface area (Å²) in [5.74, 6) is 1.04. The van der Waals surface area contributed by atoms with Crippen LogP contribution in [0.1, 0.15) is 24.0 Å². The summed E-state index contributed by atoms with van der Waals surface area (Å²) < 4.78 is 5.48. The van der Waals surface area contributed by atoms with Crippen molar-refractivity contribution in [1.29, 1.82) is 0 Å². The average Bonchev–Trinajstić information content (AvgIpc) is 3.53. The number of carbonyl (C=O) groups excluding carboxylic acids is 1. The first kappa shape index (κ1) is 20.2. The van der Waals surface area contributed by atoms with Gasteiger partial charge in [0, 0.05) is 51.5 Å². The van der Waals surface area contributed by atoms with Gasteiger partial charge in [-0.3, -0.25) is 9.69 Å². The number of methoxy groups -OCH3 is 1. The SMILES string of the molecule is COc1ccccc1CN(CC(=O)N(C)Cc1ccc(N(C)C)cc1)C1CC1. The number of nitrogens with zero attached hydrogens (tertiary/aromatic N) is 3. The van der Waals surface area contributed by atoms with Gasteiger partial charge in [0.2, 0.25) is 5.91 Å². The van der Waals surface area contributed by atoms with Crippen molar-refractivity contribution >= 4 is 11.6 Å². The Morgan fingerprint density at radius 2 is 1.68 bits per heavy atom. The minimum absolute atomic E-state index is 0.151. The lowest BCUT2D eigenvalue weighted by atomic mass is 10.1. The summed E-state index contributed by atoms with van der Waals surface area (Å²) in [6.45, 7) is 1.81. The van der Waals surface area contributed by atoms with Crippen LogP contribution in [0.3, 0.4) is 0 Å². The van der Waals surface area contributed by atoms with E-state index in [1.807, 2.05) is 44.2 Å². The van der Waals surface area contributed by atoms with Crippen LogP contribution in [0.4, 0.5) is 5.69 Å². The highest BCUT2D eigenvalue weighted by atomic mass is 16.5. The molecule has 1 fully saturated rings. The van der Waals surface area contributed by atoms with E-state index in [-0.39, 0.29) is 5.91 Å². The Hall–Kier alpha value is -2.53. The van der Waals surface area contributed by atoms with E-state index in [1.54, 1.807) is 7.11 Å². The Labute approximate surface area is 168 Å². The molecule has 1 saturated carbocycles. The highest BCUT2D eigenvalue weighted by Gasteiger charge is 2.31. The molecule has 0 aliphatic heterocycles. The van der Waals surface area contributed by atoms with Crippen LogP contribution >= 0.6 is 0 Å². The van der Waals surface area contributed by atoms with Crippen LogP contribution < -0.4 is 9.64 Å². The Morgan fingerprint density at radius 1 is 1.00 bits per heavy atom. The second-order valence-electron chi connectivity index (χ2n) is 7.76. The van der Waals surface area contributed by atoms with Crippen LogP contribution in [-0.2, 0) is 17.9 Å². The van der Waals surface area contributed by atoms with Crippen molar-refractivity contribution in [3.63, 3.8) is 0 Å². The molecule has 1 aliphatic carbocycles. The van der Waals surface area contributed by atoms with Crippen molar-refractivity contribution < 1.29 is 9.53 Å².